The Bertz CT molecular complexity index is 1020. The highest BCUT2D eigenvalue weighted by atomic mass is 16.5. The number of H-pyrrole nitrogens is 1. The van der Waals surface area contributed by atoms with Gasteiger partial charge in [0, 0.05) is 11.6 Å². The van der Waals surface area contributed by atoms with Crippen LogP contribution in [0.3, 0.4) is 0 Å². The molecule has 0 unspecified atom stereocenters. The summed E-state index contributed by atoms with van der Waals surface area (Å²) in [6.07, 6.45) is 0.713. The third-order valence-electron chi connectivity index (χ3n) is 4.48. The number of nitrogens with one attached hydrogen (secondary N) is 1. The molecule has 0 saturated carbocycles. The zero-order chi connectivity index (χ0) is 19.4. The summed E-state index contributed by atoms with van der Waals surface area (Å²) in [6.45, 7) is 2.22. The smallest absolute Gasteiger partial charge is 0.329 e. The van der Waals surface area contributed by atoms with Crippen LogP contribution in [0.1, 0.15) is 18.1 Å². The summed E-state index contributed by atoms with van der Waals surface area (Å²) in [6, 6.07) is 14.5. The number of aromatic nitrogens is 2. The average molecular weight is 366 g/mol. The molecule has 2 aromatic carbocycles. The lowest BCUT2D eigenvalue weighted by atomic mass is 10.0. The van der Waals surface area contributed by atoms with E-state index in [-0.39, 0.29) is 12.1 Å². The van der Waals surface area contributed by atoms with Crippen LogP contribution in [-0.4, -0.2) is 23.8 Å². The van der Waals surface area contributed by atoms with E-state index in [2.05, 4.69) is 4.98 Å². The molecule has 0 atom stereocenters. The SMILES string of the molecule is CCc1cc(OC)c(OC)cc1-c1cc(=O)n(Cc2ccccc2)c(=O)[nH]1. The molecule has 1 N–H and O–H groups in total. The van der Waals surface area contributed by atoms with E-state index < -0.39 is 5.69 Å². The molecule has 1 aromatic heterocycles. The number of rotatable bonds is 6. The number of hydrogen-bond donors (Lipinski definition) is 1. The number of methoxy groups -OCH3 is 2. The Morgan fingerprint density at radius 1 is 0.963 bits per heavy atom. The second-order valence-corrected chi connectivity index (χ2v) is 6.12. The van der Waals surface area contributed by atoms with Gasteiger partial charge in [0.05, 0.1) is 26.5 Å². The Morgan fingerprint density at radius 2 is 1.63 bits per heavy atom. The summed E-state index contributed by atoms with van der Waals surface area (Å²) >= 11 is 0. The summed E-state index contributed by atoms with van der Waals surface area (Å²) in [5.74, 6) is 1.15. The zero-order valence-corrected chi connectivity index (χ0v) is 15.6. The second-order valence-electron chi connectivity index (χ2n) is 6.12. The van der Waals surface area contributed by atoms with Crippen molar-refractivity contribution in [1.82, 2.24) is 9.55 Å². The van der Waals surface area contributed by atoms with E-state index in [9.17, 15) is 9.59 Å². The first kappa shape index (κ1) is 18.5. The third-order valence-corrected chi connectivity index (χ3v) is 4.48. The Kier molecular flexibility index (Phi) is 5.45. The van der Waals surface area contributed by atoms with Crippen molar-refractivity contribution >= 4 is 0 Å². The molecule has 6 nitrogen and oxygen atoms in total. The van der Waals surface area contributed by atoms with E-state index in [0.29, 0.717) is 23.6 Å². The lowest BCUT2D eigenvalue weighted by Crippen LogP contribution is -2.35. The van der Waals surface area contributed by atoms with Crippen molar-refractivity contribution in [3.63, 3.8) is 0 Å². The largest absolute Gasteiger partial charge is 0.493 e. The van der Waals surface area contributed by atoms with Crippen molar-refractivity contribution in [3.8, 4) is 22.8 Å². The highest BCUT2D eigenvalue weighted by Gasteiger charge is 2.14. The van der Waals surface area contributed by atoms with Gasteiger partial charge in [-0.3, -0.25) is 9.36 Å². The van der Waals surface area contributed by atoms with Gasteiger partial charge in [0.15, 0.2) is 11.5 Å². The van der Waals surface area contributed by atoms with Crippen LogP contribution in [0.4, 0.5) is 0 Å². The zero-order valence-electron chi connectivity index (χ0n) is 15.6. The number of hydrogen-bond acceptors (Lipinski definition) is 4. The van der Waals surface area contributed by atoms with Crippen LogP contribution in [0.2, 0.25) is 0 Å². The normalized spacial score (nSPS) is 10.6. The lowest BCUT2D eigenvalue weighted by molar-refractivity contribution is 0.354. The van der Waals surface area contributed by atoms with Gasteiger partial charge in [-0.05, 0) is 29.7 Å². The van der Waals surface area contributed by atoms with E-state index >= 15 is 0 Å². The Morgan fingerprint density at radius 3 is 2.22 bits per heavy atom. The molecular weight excluding hydrogens is 344 g/mol. The van der Waals surface area contributed by atoms with Crippen LogP contribution in [-0.2, 0) is 13.0 Å². The summed E-state index contributed by atoms with van der Waals surface area (Å²) in [4.78, 5) is 28.0. The van der Waals surface area contributed by atoms with Gasteiger partial charge in [0.1, 0.15) is 0 Å². The number of nitrogens with zero attached hydrogens (tertiary/aromatic N) is 1. The molecule has 3 rings (SSSR count). The molecule has 0 aliphatic rings. The maximum absolute atomic E-state index is 12.6. The quantitative estimate of drug-likeness (QED) is 0.728. The predicted octanol–water partition coefficient (Wildman–Crippen LogP) is 2.83. The number of ether oxygens (including phenoxy) is 2. The van der Waals surface area contributed by atoms with Crippen molar-refractivity contribution in [3.05, 3.63) is 80.5 Å². The molecule has 0 spiro atoms. The van der Waals surface area contributed by atoms with Crippen LogP contribution in [0.15, 0.2) is 58.1 Å². The van der Waals surface area contributed by atoms with E-state index in [1.54, 1.807) is 20.3 Å². The molecule has 0 amide bonds. The van der Waals surface area contributed by atoms with Gasteiger partial charge in [-0.2, -0.15) is 0 Å². The first-order valence-corrected chi connectivity index (χ1v) is 8.70. The highest BCUT2D eigenvalue weighted by molar-refractivity contribution is 5.68. The fourth-order valence-electron chi connectivity index (χ4n) is 3.05. The molecule has 0 fully saturated rings. The van der Waals surface area contributed by atoms with Crippen LogP contribution >= 0.6 is 0 Å². The summed E-state index contributed by atoms with van der Waals surface area (Å²) in [5.41, 5.74) is 2.25. The molecule has 1 heterocycles. The van der Waals surface area contributed by atoms with Crippen molar-refractivity contribution in [2.24, 2.45) is 0 Å². The molecular formula is C21H22N2O4. The van der Waals surface area contributed by atoms with E-state index in [4.69, 9.17) is 9.47 Å². The summed E-state index contributed by atoms with van der Waals surface area (Å²) in [7, 11) is 3.12. The van der Waals surface area contributed by atoms with Gasteiger partial charge >= 0.3 is 5.69 Å². The topological polar surface area (TPSA) is 73.3 Å². The maximum Gasteiger partial charge on any atom is 0.329 e. The van der Waals surface area contributed by atoms with Crippen molar-refractivity contribution in [1.29, 1.82) is 0 Å². The van der Waals surface area contributed by atoms with Crippen LogP contribution in [0, 0.1) is 0 Å². The summed E-state index contributed by atoms with van der Waals surface area (Å²) in [5, 5.41) is 0. The number of aromatic amines is 1. The maximum atomic E-state index is 12.6. The van der Waals surface area contributed by atoms with Crippen molar-refractivity contribution in [2.45, 2.75) is 19.9 Å². The fraction of sp³-hybridized carbons (Fsp3) is 0.238. The van der Waals surface area contributed by atoms with Crippen molar-refractivity contribution < 1.29 is 9.47 Å². The summed E-state index contributed by atoms with van der Waals surface area (Å²) < 4.78 is 11.9. The molecule has 0 saturated heterocycles. The Labute approximate surface area is 157 Å². The first-order chi connectivity index (χ1) is 13.1. The van der Waals surface area contributed by atoms with Crippen LogP contribution in [0.5, 0.6) is 11.5 Å². The fourth-order valence-corrected chi connectivity index (χ4v) is 3.05. The molecule has 3 aromatic rings. The number of aryl methyl sites for hydroxylation is 1. The van der Waals surface area contributed by atoms with Crippen LogP contribution in [0.25, 0.3) is 11.3 Å². The van der Waals surface area contributed by atoms with Gasteiger partial charge in [-0.15, -0.1) is 0 Å². The van der Waals surface area contributed by atoms with E-state index in [0.717, 1.165) is 16.7 Å². The second kappa shape index (κ2) is 7.95. The van der Waals surface area contributed by atoms with Crippen LogP contribution < -0.4 is 20.7 Å². The highest BCUT2D eigenvalue weighted by Crippen LogP contribution is 2.34. The monoisotopic (exact) mass is 366 g/mol. The van der Waals surface area contributed by atoms with E-state index in [1.165, 1.54) is 10.6 Å². The minimum atomic E-state index is -0.446. The Balaban J connectivity index is 2.09. The van der Waals surface area contributed by atoms with Gasteiger partial charge < -0.3 is 14.5 Å². The standard InChI is InChI=1S/C21H22N2O4/c1-4-15-10-18(26-2)19(27-3)11-16(15)17-12-20(24)23(21(25)22-17)13-14-8-6-5-7-9-14/h5-12H,4,13H2,1-3H3,(H,22,25). The molecule has 6 heteroatoms. The molecule has 0 aliphatic carbocycles. The molecule has 0 bridgehead atoms. The van der Waals surface area contributed by atoms with E-state index in [1.807, 2.05) is 43.3 Å². The van der Waals surface area contributed by atoms with Gasteiger partial charge in [0.25, 0.3) is 5.56 Å². The minimum Gasteiger partial charge on any atom is -0.493 e. The van der Waals surface area contributed by atoms with Gasteiger partial charge in [0.2, 0.25) is 0 Å². The van der Waals surface area contributed by atoms with Gasteiger partial charge in [-0.1, -0.05) is 37.3 Å². The van der Waals surface area contributed by atoms with Gasteiger partial charge in [-0.25, -0.2) is 4.79 Å². The average Bonchev–Trinajstić information content (AvgIpc) is 2.70. The first-order valence-electron chi connectivity index (χ1n) is 8.70. The van der Waals surface area contributed by atoms with Crippen molar-refractivity contribution in [2.75, 3.05) is 14.2 Å². The third kappa shape index (κ3) is 3.79. The molecule has 0 aliphatic heterocycles. The molecule has 27 heavy (non-hydrogen) atoms. The minimum absolute atomic E-state index is 0.224. The lowest BCUT2D eigenvalue weighted by Gasteiger charge is -2.14. The number of benzene rings is 2. The Hall–Kier alpha value is -3.28. The molecule has 0 radical (unpaired) electrons. The molecule has 140 valence electrons. The predicted molar refractivity (Wildman–Crippen MR) is 105 cm³/mol.